The molecule has 3 aliphatic heterocycles. The van der Waals surface area contributed by atoms with E-state index in [1.807, 2.05) is 6.08 Å². The first kappa shape index (κ1) is 79.2. The standard InChI is InChI=1S/C69H119NO18/c1-3-5-7-9-11-13-15-17-19-21-23-24-25-26-27-29-30-32-34-36-38-40-42-44-46-53(74)52(70-57(75)47-45-43-41-39-37-35-33-31-28-22-20-18-16-14-12-10-8-6-4-2)51-83-67-63(81)60(78)65(55(49-72)85-67)88-69-64(82)61(79)66(56(50-73)86-69)87-68-62(80)59(77)58(76)54(48-71)84-68/h6,8,12,14,18,20,28,31,35-38,44,46,52-56,58-69,71-74,76-82H,3-5,7,9-11,13,15-17,19,21-27,29-30,32-34,39-43,45,47-51H2,1-2H3,(H,70,75)/b8-6-,14-12-,20-18-,31-28-,37-35-,38-36+,46-44+. The number of nitrogens with one attached hydrogen (secondary N) is 1. The van der Waals surface area contributed by atoms with Crippen molar-refractivity contribution in [2.24, 2.45) is 0 Å². The number of carbonyl (C=O) groups excluding carboxylic acids is 1. The van der Waals surface area contributed by atoms with Gasteiger partial charge in [0.2, 0.25) is 5.91 Å². The molecule has 508 valence electrons. The van der Waals surface area contributed by atoms with Gasteiger partial charge >= 0.3 is 0 Å². The number of hydrogen-bond donors (Lipinski definition) is 12. The van der Waals surface area contributed by atoms with E-state index in [4.69, 9.17) is 28.4 Å². The smallest absolute Gasteiger partial charge is 0.220 e. The zero-order valence-corrected chi connectivity index (χ0v) is 53.4. The number of hydrogen-bond acceptors (Lipinski definition) is 18. The van der Waals surface area contributed by atoms with Gasteiger partial charge < -0.3 is 89.9 Å². The molecule has 0 saturated carbocycles. The number of aliphatic hydroxyl groups is 11. The van der Waals surface area contributed by atoms with Crippen LogP contribution >= 0.6 is 0 Å². The van der Waals surface area contributed by atoms with E-state index < -0.39 is 124 Å². The van der Waals surface area contributed by atoms with Crippen molar-refractivity contribution in [3.8, 4) is 0 Å². The molecule has 3 fully saturated rings. The molecule has 0 aromatic rings. The minimum Gasteiger partial charge on any atom is -0.394 e. The highest BCUT2D eigenvalue weighted by molar-refractivity contribution is 5.76. The highest BCUT2D eigenvalue weighted by atomic mass is 16.8. The first-order chi connectivity index (χ1) is 42.8. The van der Waals surface area contributed by atoms with E-state index >= 15 is 0 Å². The maximum absolute atomic E-state index is 13.4. The number of unbranched alkanes of at least 4 members (excludes halogenated alkanes) is 22. The molecule has 0 bridgehead atoms. The summed E-state index contributed by atoms with van der Waals surface area (Å²) in [6.07, 6.45) is 37.1. The van der Waals surface area contributed by atoms with Crippen LogP contribution in [0.1, 0.15) is 213 Å². The van der Waals surface area contributed by atoms with Gasteiger partial charge in [-0.1, -0.05) is 214 Å². The molecule has 17 unspecified atom stereocenters. The minimum atomic E-state index is -1.99. The molecular formula is C69H119NO18. The van der Waals surface area contributed by atoms with Crippen LogP contribution in [0.15, 0.2) is 85.1 Å². The maximum atomic E-state index is 13.4. The fraction of sp³-hybridized carbons (Fsp3) is 0.783. The Morgan fingerprint density at radius 2 is 0.795 bits per heavy atom. The van der Waals surface area contributed by atoms with Gasteiger partial charge in [-0.3, -0.25) is 4.79 Å². The van der Waals surface area contributed by atoms with E-state index in [0.29, 0.717) is 12.8 Å². The third kappa shape index (κ3) is 32.5. The summed E-state index contributed by atoms with van der Waals surface area (Å²) in [5, 5.41) is 120. The lowest BCUT2D eigenvalue weighted by atomic mass is 9.96. The number of ether oxygens (including phenoxy) is 6. The predicted octanol–water partition coefficient (Wildman–Crippen LogP) is 8.32. The number of rotatable bonds is 50. The normalized spacial score (nSPS) is 28.9. The average Bonchev–Trinajstić information content (AvgIpc) is 3.71. The summed E-state index contributed by atoms with van der Waals surface area (Å²) < 4.78 is 34.3. The van der Waals surface area contributed by atoms with Crippen molar-refractivity contribution >= 4 is 5.91 Å². The van der Waals surface area contributed by atoms with E-state index in [2.05, 4.69) is 92.1 Å². The Kier molecular flexibility index (Phi) is 45.5. The van der Waals surface area contributed by atoms with E-state index in [9.17, 15) is 61.0 Å². The Morgan fingerprint density at radius 3 is 1.27 bits per heavy atom. The number of amides is 1. The highest BCUT2D eigenvalue weighted by Gasteiger charge is 2.53. The summed E-state index contributed by atoms with van der Waals surface area (Å²) in [5.41, 5.74) is 0. The van der Waals surface area contributed by atoms with Gasteiger partial charge in [-0.15, -0.1) is 0 Å². The van der Waals surface area contributed by atoms with Crippen LogP contribution in [0.5, 0.6) is 0 Å². The number of allylic oxidation sites excluding steroid dienone is 13. The summed E-state index contributed by atoms with van der Waals surface area (Å²) in [4.78, 5) is 13.4. The molecule has 88 heavy (non-hydrogen) atoms. The van der Waals surface area contributed by atoms with Crippen molar-refractivity contribution in [3.05, 3.63) is 85.1 Å². The zero-order valence-electron chi connectivity index (χ0n) is 53.4. The fourth-order valence-electron chi connectivity index (χ4n) is 10.9. The first-order valence-corrected chi connectivity index (χ1v) is 33.8. The molecule has 12 N–H and O–H groups in total. The Balaban J connectivity index is 1.48. The summed E-state index contributed by atoms with van der Waals surface area (Å²) >= 11 is 0. The molecule has 3 heterocycles. The van der Waals surface area contributed by atoms with Crippen LogP contribution in [-0.2, 0) is 33.2 Å². The lowest BCUT2D eigenvalue weighted by molar-refractivity contribution is -0.379. The van der Waals surface area contributed by atoms with Gasteiger partial charge in [0.1, 0.15) is 73.2 Å². The summed E-state index contributed by atoms with van der Waals surface area (Å²) in [6, 6.07) is -1.01. The topological polar surface area (TPSA) is 307 Å². The first-order valence-electron chi connectivity index (χ1n) is 33.8. The van der Waals surface area contributed by atoms with Crippen LogP contribution in [0.25, 0.3) is 0 Å². The molecule has 17 atom stereocenters. The fourth-order valence-corrected chi connectivity index (χ4v) is 10.9. The van der Waals surface area contributed by atoms with Gasteiger partial charge in [-0.25, -0.2) is 0 Å². The summed E-state index contributed by atoms with van der Waals surface area (Å²) in [7, 11) is 0. The van der Waals surface area contributed by atoms with Crippen molar-refractivity contribution in [1.82, 2.24) is 5.32 Å². The molecule has 19 nitrogen and oxygen atoms in total. The molecule has 3 saturated heterocycles. The predicted molar refractivity (Wildman–Crippen MR) is 341 cm³/mol. The third-order valence-electron chi connectivity index (χ3n) is 16.4. The van der Waals surface area contributed by atoms with E-state index in [1.165, 1.54) is 109 Å². The second kappa shape index (κ2) is 50.5. The van der Waals surface area contributed by atoms with Gasteiger partial charge in [0.25, 0.3) is 0 Å². The van der Waals surface area contributed by atoms with Crippen molar-refractivity contribution in [2.45, 2.75) is 317 Å². The van der Waals surface area contributed by atoms with Crippen molar-refractivity contribution < 1.29 is 89.4 Å². The third-order valence-corrected chi connectivity index (χ3v) is 16.4. The average molecular weight is 1250 g/mol. The van der Waals surface area contributed by atoms with Gasteiger partial charge in [0.05, 0.1) is 38.6 Å². The summed E-state index contributed by atoms with van der Waals surface area (Å²) in [6.45, 7) is 1.57. The van der Waals surface area contributed by atoms with E-state index in [-0.39, 0.29) is 18.9 Å². The molecule has 0 spiro atoms. The van der Waals surface area contributed by atoms with E-state index in [1.54, 1.807) is 6.08 Å². The van der Waals surface area contributed by atoms with Crippen LogP contribution in [0.3, 0.4) is 0 Å². The van der Waals surface area contributed by atoms with Crippen LogP contribution in [0, 0.1) is 0 Å². The minimum absolute atomic E-state index is 0.192. The SMILES string of the molecule is CC/C=C\C/C=C\C/C=C\C/C=C\C/C=C\CCCCCC(=O)NC(COC1OC(CO)C(OC2OC(CO)C(OC3OC(CO)C(O)C(O)C3O)C(O)C2O)C(O)C1O)C(O)/C=C/CC/C=C/CCCCCCCCCCCCCCCCCCCC. The van der Waals surface area contributed by atoms with Gasteiger partial charge in [-0.05, 0) is 77.0 Å². The Bertz CT molecular complexity index is 1930. The lowest BCUT2D eigenvalue weighted by Gasteiger charge is -2.48. The van der Waals surface area contributed by atoms with Crippen LogP contribution < -0.4 is 5.32 Å². The molecule has 0 aromatic heterocycles. The highest BCUT2D eigenvalue weighted by Crippen LogP contribution is 2.33. The van der Waals surface area contributed by atoms with E-state index in [0.717, 1.165) is 70.6 Å². The van der Waals surface area contributed by atoms with Crippen LogP contribution in [0.4, 0.5) is 0 Å². The molecule has 0 radical (unpaired) electrons. The molecule has 3 aliphatic rings. The van der Waals surface area contributed by atoms with Gasteiger partial charge in [0, 0.05) is 6.42 Å². The second-order valence-electron chi connectivity index (χ2n) is 23.9. The van der Waals surface area contributed by atoms with Crippen LogP contribution in [-0.4, -0.2) is 193 Å². The quantitative estimate of drug-likeness (QED) is 0.0201. The molecule has 19 heteroatoms. The largest absolute Gasteiger partial charge is 0.394 e. The molecule has 0 aromatic carbocycles. The van der Waals surface area contributed by atoms with Crippen molar-refractivity contribution in [2.75, 3.05) is 26.4 Å². The van der Waals surface area contributed by atoms with Gasteiger partial charge in [-0.2, -0.15) is 0 Å². The zero-order chi connectivity index (χ0) is 64.0. The lowest BCUT2D eigenvalue weighted by Crippen LogP contribution is -2.66. The Hall–Kier alpha value is -3.03. The molecule has 1 amide bonds. The summed E-state index contributed by atoms with van der Waals surface area (Å²) in [5.74, 6) is -0.319. The Morgan fingerprint density at radius 1 is 0.420 bits per heavy atom. The Labute approximate surface area is 527 Å². The maximum Gasteiger partial charge on any atom is 0.220 e. The monoisotopic (exact) mass is 1250 g/mol. The number of aliphatic hydroxyl groups excluding tert-OH is 11. The van der Waals surface area contributed by atoms with Gasteiger partial charge in [0.15, 0.2) is 18.9 Å². The molecule has 3 rings (SSSR count). The molecular weight excluding hydrogens is 1130 g/mol. The second-order valence-corrected chi connectivity index (χ2v) is 23.9. The van der Waals surface area contributed by atoms with Crippen molar-refractivity contribution in [3.63, 3.8) is 0 Å². The van der Waals surface area contributed by atoms with Crippen molar-refractivity contribution in [1.29, 1.82) is 0 Å². The van der Waals surface area contributed by atoms with Crippen LogP contribution in [0.2, 0.25) is 0 Å². The number of carbonyl (C=O) groups is 1. The molecule has 0 aliphatic carbocycles.